The number of amides is 1. The Hall–Kier alpha value is -2.69. The summed E-state index contributed by atoms with van der Waals surface area (Å²) in [5, 5.41) is 2.72. The van der Waals surface area contributed by atoms with E-state index in [-0.39, 0.29) is 0 Å². The topological polar surface area (TPSA) is 51.2 Å². The number of nitrogens with zero attached hydrogens (tertiary/aromatic N) is 1. The highest BCUT2D eigenvalue weighted by molar-refractivity contribution is 5.69. The Bertz CT molecular complexity index is 702. The summed E-state index contributed by atoms with van der Waals surface area (Å²) in [6.45, 7) is 5.87. The van der Waals surface area contributed by atoms with Crippen molar-refractivity contribution in [1.82, 2.24) is 10.3 Å². The molecule has 2 rings (SSSR count). The summed E-state index contributed by atoms with van der Waals surface area (Å²) in [6, 6.07) is 10.7. The van der Waals surface area contributed by atoms with Crippen LogP contribution in [0.3, 0.4) is 0 Å². The molecule has 1 aromatic heterocycles. The van der Waals surface area contributed by atoms with Gasteiger partial charge in [0, 0.05) is 12.7 Å². The third kappa shape index (κ3) is 6.20. The van der Waals surface area contributed by atoms with Crippen molar-refractivity contribution < 1.29 is 13.9 Å². The number of nitrogens with one attached hydrogen (secondary N) is 1. The van der Waals surface area contributed by atoms with Crippen LogP contribution in [0.25, 0.3) is 12.2 Å². The van der Waals surface area contributed by atoms with E-state index in [1.165, 1.54) is 12.3 Å². The lowest BCUT2D eigenvalue weighted by Crippen LogP contribution is -2.32. The van der Waals surface area contributed by atoms with Gasteiger partial charge in [0.05, 0.1) is 0 Å². The lowest BCUT2D eigenvalue weighted by molar-refractivity contribution is 0.0523. The predicted octanol–water partition coefficient (Wildman–Crippen LogP) is 4.42. The molecule has 1 heterocycles. The molecular weight excluding hydrogens is 307 g/mol. The van der Waals surface area contributed by atoms with Gasteiger partial charge in [0.2, 0.25) is 5.95 Å². The van der Waals surface area contributed by atoms with E-state index in [1.807, 2.05) is 57.2 Å². The molecule has 24 heavy (non-hydrogen) atoms. The van der Waals surface area contributed by atoms with Crippen LogP contribution in [0, 0.1) is 5.95 Å². The van der Waals surface area contributed by atoms with Gasteiger partial charge in [-0.05, 0) is 49.6 Å². The molecule has 0 aliphatic heterocycles. The molecule has 0 atom stereocenters. The number of alkyl carbamates (subject to hydrolysis) is 1. The van der Waals surface area contributed by atoms with Crippen LogP contribution < -0.4 is 5.32 Å². The van der Waals surface area contributed by atoms with Crippen molar-refractivity contribution in [1.29, 1.82) is 0 Å². The lowest BCUT2D eigenvalue weighted by Gasteiger charge is -2.19. The molecule has 1 N–H and O–H groups in total. The van der Waals surface area contributed by atoms with Gasteiger partial charge in [0.25, 0.3) is 0 Å². The van der Waals surface area contributed by atoms with E-state index in [9.17, 15) is 9.18 Å². The third-order valence-electron chi connectivity index (χ3n) is 3.03. The first-order valence-electron chi connectivity index (χ1n) is 7.67. The number of pyridine rings is 1. The van der Waals surface area contributed by atoms with Crippen molar-refractivity contribution in [2.24, 2.45) is 0 Å². The second-order valence-corrected chi connectivity index (χ2v) is 6.34. The first kappa shape index (κ1) is 17.7. The summed E-state index contributed by atoms with van der Waals surface area (Å²) in [5.41, 5.74) is 2.29. The molecule has 0 aliphatic rings. The Labute approximate surface area is 141 Å². The minimum absolute atomic E-state index is 0.404. The zero-order chi connectivity index (χ0) is 17.6. The van der Waals surface area contributed by atoms with E-state index >= 15 is 0 Å². The van der Waals surface area contributed by atoms with Crippen molar-refractivity contribution in [3.63, 3.8) is 0 Å². The Balaban J connectivity index is 1.88. The minimum Gasteiger partial charge on any atom is -0.444 e. The van der Waals surface area contributed by atoms with Crippen LogP contribution in [0.4, 0.5) is 9.18 Å². The number of carbonyl (C=O) groups is 1. The number of rotatable bonds is 4. The maximum absolute atomic E-state index is 12.7. The molecule has 0 fully saturated rings. The number of ether oxygens (including phenoxy) is 1. The highest BCUT2D eigenvalue weighted by Gasteiger charge is 2.15. The van der Waals surface area contributed by atoms with Gasteiger partial charge in [-0.25, -0.2) is 9.78 Å². The Kier molecular flexibility index (Phi) is 5.68. The molecule has 0 saturated carbocycles. The highest BCUT2D eigenvalue weighted by Crippen LogP contribution is 2.10. The number of hydrogen-bond acceptors (Lipinski definition) is 3. The van der Waals surface area contributed by atoms with Crippen molar-refractivity contribution >= 4 is 18.2 Å². The molecule has 2 aromatic rings. The first-order chi connectivity index (χ1) is 11.3. The van der Waals surface area contributed by atoms with E-state index in [0.29, 0.717) is 6.54 Å². The summed E-state index contributed by atoms with van der Waals surface area (Å²) >= 11 is 0. The lowest BCUT2D eigenvalue weighted by atomic mass is 10.1. The van der Waals surface area contributed by atoms with Crippen LogP contribution in [0.5, 0.6) is 0 Å². The smallest absolute Gasteiger partial charge is 0.407 e. The maximum Gasteiger partial charge on any atom is 0.407 e. The molecule has 4 nitrogen and oxygen atoms in total. The normalized spacial score (nSPS) is 11.5. The van der Waals surface area contributed by atoms with Gasteiger partial charge >= 0.3 is 6.09 Å². The average Bonchev–Trinajstić information content (AvgIpc) is 2.52. The van der Waals surface area contributed by atoms with E-state index in [0.717, 1.165) is 16.7 Å². The van der Waals surface area contributed by atoms with Crippen LogP contribution in [-0.4, -0.2) is 16.7 Å². The molecule has 5 heteroatoms. The summed E-state index contributed by atoms with van der Waals surface area (Å²) in [5.74, 6) is -0.492. The standard InChI is InChI=1S/C19H21FN2O2/c1-19(2,3)24-18(23)22-13-15-7-4-14(5-8-15)6-9-16-10-11-17(20)21-12-16/h4-12H,13H2,1-3H3,(H,22,23)/b9-6+. The fourth-order valence-corrected chi connectivity index (χ4v) is 1.91. The molecule has 126 valence electrons. The van der Waals surface area contributed by atoms with Crippen molar-refractivity contribution in [3.05, 3.63) is 65.2 Å². The number of aromatic nitrogens is 1. The van der Waals surface area contributed by atoms with Crippen LogP contribution in [0.15, 0.2) is 42.6 Å². The van der Waals surface area contributed by atoms with Crippen molar-refractivity contribution in [2.75, 3.05) is 0 Å². The monoisotopic (exact) mass is 328 g/mol. The van der Waals surface area contributed by atoms with Gasteiger partial charge < -0.3 is 10.1 Å². The quantitative estimate of drug-likeness (QED) is 0.846. The van der Waals surface area contributed by atoms with Crippen LogP contribution in [0.1, 0.15) is 37.5 Å². The van der Waals surface area contributed by atoms with Crippen LogP contribution in [0.2, 0.25) is 0 Å². The molecule has 0 radical (unpaired) electrons. The van der Waals surface area contributed by atoms with Gasteiger partial charge in [0.15, 0.2) is 0 Å². The minimum atomic E-state index is -0.506. The van der Waals surface area contributed by atoms with Crippen LogP contribution >= 0.6 is 0 Å². The second-order valence-electron chi connectivity index (χ2n) is 6.34. The first-order valence-corrected chi connectivity index (χ1v) is 7.67. The van der Waals surface area contributed by atoms with Crippen LogP contribution in [-0.2, 0) is 11.3 Å². The van der Waals surface area contributed by atoms with Gasteiger partial charge in [-0.2, -0.15) is 4.39 Å². The van der Waals surface area contributed by atoms with Crippen molar-refractivity contribution in [3.8, 4) is 0 Å². The number of halogens is 1. The van der Waals surface area contributed by atoms with Gasteiger partial charge in [-0.3, -0.25) is 0 Å². The number of benzene rings is 1. The van der Waals surface area contributed by atoms with E-state index in [2.05, 4.69) is 10.3 Å². The van der Waals surface area contributed by atoms with E-state index < -0.39 is 17.6 Å². The molecule has 0 spiro atoms. The second kappa shape index (κ2) is 7.73. The van der Waals surface area contributed by atoms with Crippen molar-refractivity contribution in [2.45, 2.75) is 32.9 Å². The average molecular weight is 328 g/mol. The maximum atomic E-state index is 12.7. The molecule has 1 amide bonds. The predicted molar refractivity (Wildman–Crippen MR) is 92.6 cm³/mol. The largest absolute Gasteiger partial charge is 0.444 e. The summed E-state index contributed by atoms with van der Waals surface area (Å²) in [7, 11) is 0. The zero-order valence-electron chi connectivity index (χ0n) is 14.0. The third-order valence-corrected chi connectivity index (χ3v) is 3.03. The zero-order valence-corrected chi connectivity index (χ0v) is 14.0. The fourth-order valence-electron chi connectivity index (χ4n) is 1.91. The molecule has 0 unspecified atom stereocenters. The summed E-state index contributed by atoms with van der Waals surface area (Å²) in [6.07, 6.45) is 4.82. The van der Waals surface area contributed by atoms with Gasteiger partial charge in [-0.1, -0.05) is 36.4 Å². The highest BCUT2D eigenvalue weighted by atomic mass is 19.1. The van der Waals surface area contributed by atoms with Gasteiger partial charge in [-0.15, -0.1) is 0 Å². The fraction of sp³-hybridized carbons (Fsp3) is 0.263. The van der Waals surface area contributed by atoms with Gasteiger partial charge in [0.1, 0.15) is 5.60 Å². The Morgan fingerprint density at radius 2 is 1.75 bits per heavy atom. The summed E-state index contributed by atoms with van der Waals surface area (Å²) in [4.78, 5) is 15.2. The SMILES string of the molecule is CC(C)(C)OC(=O)NCc1ccc(/C=C/c2ccc(F)nc2)cc1. The molecule has 0 bridgehead atoms. The molecule has 0 saturated heterocycles. The number of carbonyl (C=O) groups excluding carboxylic acids is 1. The summed E-state index contributed by atoms with van der Waals surface area (Å²) < 4.78 is 17.9. The number of hydrogen-bond donors (Lipinski definition) is 1. The Morgan fingerprint density at radius 3 is 2.33 bits per heavy atom. The Morgan fingerprint density at radius 1 is 1.12 bits per heavy atom. The molecule has 0 aliphatic carbocycles. The molecular formula is C19H21FN2O2. The van der Waals surface area contributed by atoms with E-state index in [4.69, 9.17) is 4.74 Å². The van der Waals surface area contributed by atoms with E-state index in [1.54, 1.807) is 6.07 Å². The molecule has 1 aromatic carbocycles.